The highest BCUT2D eigenvalue weighted by Crippen LogP contribution is 2.17. The summed E-state index contributed by atoms with van der Waals surface area (Å²) >= 11 is 0. The molecule has 5 heteroatoms. The minimum Gasteiger partial charge on any atom is -0.330 e. The van der Waals surface area contributed by atoms with E-state index in [9.17, 15) is 4.39 Å². The molecular formula is C8H13FN4. The summed E-state index contributed by atoms with van der Waals surface area (Å²) < 4.78 is 14.9. The predicted molar refractivity (Wildman–Crippen MR) is 46.0 cm³/mol. The minimum atomic E-state index is -0.750. The van der Waals surface area contributed by atoms with Crippen LogP contribution in [-0.2, 0) is 19.4 Å². The second-order valence-electron chi connectivity index (χ2n) is 3.32. The van der Waals surface area contributed by atoms with Gasteiger partial charge in [0, 0.05) is 12.8 Å². The van der Waals surface area contributed by atoms with Crippen LogP contribution in [0.4, 0.5) is 4.39 Å². The third-order valence-corrected chi connectivity index (χ3v) is 2.33. The molecule has 0 spiro atoms. The number of nitrogens with two attached hydrogens (primary N) is 1. The summed E-state index contributed by atoms with van der Waals surface area (Å²) in [7, 11) is 0. The van der Waals surface area contributed by atoms with Crippen LogP contribution in [0.25, 0.3) is 0 Å². The molecule has 0 saturated heterocycles. The Labute approximate surface area is 75.9 Å². The lowest BCUT2D eigenvalue weighted by molar-refractivity contribution is 0.250. The second-order valence-corrected chi connectivity index (χ2v) is 3.32. The molecule has 0 saturated carbocycles. The van der Waals surface area contributed by atoms with Crippen LogP contribution in [0.3, 0.4) is 0 Å². The molecule has 0 bridgehead atoms. The Kier molecular flexibility index (Phi) is 2.26. The van der Waals surface area contributed by atoms with E-state index in [0.29, 0.717) is 32.4 Å². The third-order valence-electron chi connectivity index (χ3n) is 2.33. The summed E-state index contributed by atoms with van der Waals surface area (Å²) in [4.78, 5) is 0. The van der Waals surface area contributed by atoms with Crippen molar-refractivity contribution in [3.63, 3.8) is 0 Å². The Bertz CT molecular complexity index is 296. The number of aryl methyl sites for hydroxylation is 1. The standard InChI is InChI=1S/C8H13FN4/c9-6-1-2-7-11-12-8(3-4-10)13(7)5-6/h6H,1-5,10H2. The lowest BCUT2D eigenvalue weighted by Crippen LogP contribution is -2.23. The van der Waals surface area contributed by atoms with Crippen molar-refractivity contribution in [3.05, 3.63) is 11.6 Å². The third kappa shape index (κ3) is 1.56. The van der Waals surface area contributed by atoms with Crippen molar-refractivity contribution < 1.29 is 4.39 Å². The summed E-state index contributed by atoms with van der Waals surface area (Å²) in [6.07, 6.45) is 1.19. The normalized spacial score (nSPS) is 21.5. The van der Waals surface area contributed by atoms with Gasteiger partial charge in [-0.15, -0.1) is 10.2 Å². The number of hydrogen-bond donors (Lipinski definition) is 1. The van der Waals surface area contributed by atoms with E-state index in [2.05, 4.69) is 10.2 Å². The van der Waals surface area contributed by atoms with Crippen LogP contribution in [0.15, 0.2) is 0 Å². The topological polar surface area (TPSA) is 56.7 Å². The van der Waals surface area contributed by atoms with Crippen molar-refractivity contribution in [2.24, 2.45) is 5.73 Å². The number of alkyl halides is 1. The van der Waals surface area contributed by atoms with E-state index in [1.54, 1.807) is 0 Å². The maximum Gasteiger partial charge on any atom is 0.134 e. The maximum atomic E-state index is 13.1. The molecule has 2 N–H and O–H groups in total. The Balaban J connectivity index is 2.25. The van der Waals surface area contributed by atoms with Gasteiger partial charge in [0.1, 0.15) is 17.8 Å². The fourth-order valence-electron chi connectivity index (χ4n) is 1.66. The van der Waals surface area contributed by atoms with Gasteiger partial charge in [-0.2, -0.15) is 0 Å². The lowest BCUT2D eigenvalue weighted by Gasteiger charge is -2.18. The summed E-state index contributed by atoms with van der Waals surface area (Å²) in [5, 5.41) is 7.99. The van der Waals surface area contributed by atoms with Crippen molar-refractivity contribution in [3.8, 4) is 0 Å². The molecule has 13 heavy (non-hydrogen) atoms. The van der Waals surface area contributed by atoms with Gasteiger partial charge in [0.05, 0.1) is 6.54 Å². The molecule has 0 amide bonds. The molecule has 2 heterocycles. The quantitative estimate of drug-likeness (QED) is 0.707. The van der Waals surface area contributed by atoms with E-state index in [-0.39, 0.29) is 0 Å². The number of nitrogens with zero attached hydrogens (tertiary/aromatic N) is 3. The van der Waals surface area contributed by atoms with Gasteiger partial charge in [-0.3, -0.25) is 0 Å². The van der Waals surface area contributed by atoms with Gasteiger partial charge >= 0.3 is 0 Å². The Morgan fingerprint density at radius 2 is 2.38 bits per heavy atom. The molecule has 1 atom stereocenters. The number of rotatable bonds is 2. The second kappa shape index (κ2) is 3.41. The predicted octanol–water partition coefficient (Wildman–Crippen LogP) is 0.0636. The summed E-state index contributed by atoms with van der Waals surface area (Å²) in [5.74, 6) is 1.72. The summed E-state index contributed by atoms with van der Waals surface area (Å²) in [6, 6.07) is 0. The Morgan fingerprint density at radius 3 is 3.15 bits per heavy atom. The van der Waals surface area contributed by atoms with Crippen LogP contribution < -0.4 is 5.73 Å². The Morgan fingerprint density at radius 1 is 1.54 bits per heavy atom. The van der Waals surface area contributed by atoms with Gasteiger partial charge < -0.3 is 10.3 Å². The molecule has 0 aliphatic carbocycles. The Hall–Kier alpha value is -0.970. The van der Waals surface area contributed by atoms with Crippen molar-refractivity contribution in [1.29, 1.82) is 0 Å². The highest BCUT2D eigenvalue weighted by atomic mass is 19.1. The smallest absolute Gasteiger partial charge is 0.134 e. The molecule has 1 aromatic rings. The first kappa shape index (κ1) is 8.62. The van der Waals surface area contributed by atoms with Crippen LogP contribution in [0.5, 0.6) is 0 Å². The molecule has 1 aliphatic heterocycles. The number of fused-ring (bicyclic) bond motifs is 1. The average molecular weight is 184 g/mol. The zero-order valence-electron chi connectivity index (χ0n) is 7.41. The molecule has 0 fully saturated rings. The number of hydrogen-bond acceptors (Lipinski definition) is 3. The van der Waals surface area contributed by atoms with E-state index >= 15 is 0 Å². The number of aromatic nitrogens is 3. The highest BCUT2D eigenvalue weighted by Gasteiger charge is 2.21. The van der Waals surface area contributed by atoms with Crippen LogP contribution in [-0.4, -0.2) is 27.5 Å². The van der Waals surface area contributed by atoms with Crippen molar-refractivity contribution in [2.75, 3.05) is 6.54 Å². The van der Waals surface area contributed by atoms with E-state index in [1.165, 1.54) is 0 Å². The van der Waals surface area contributed by atoms with E-state index in [1.807, 2.05) is 4.57 Å². The highest BCUT2D eigenvalue weighted by molar-refractivity contribution is 5.00. The first-order valence-electron chi connectivity index (χ1n) is 4.56. The van der Waals surface area contributed by atoms with E-state index in [0.717, 1.165) is 11.6 Å². The molecule has 0 radical (unpaired) electrons. The molecule has 2 rings (SSSR count). The molecule has 4 nitrogen and oxygen atoms in total. The lowest BCUT2D eigenvalue weighted by atomic mass is 10.1. The molecular weight excluding hydrogens is 171 g/mol. The maximum absolute atomic E-state index is 13.1. The monoisotopic (exact) mass is 184 g/mol. The zero-order valence-corrected chi connectivity index (χ0v) is 7.41. The average Bonchev–Trinajstić information content (AvgIpc) is 2.49. The van der Waals surface area contributed by atoms with Crippen molar-refractivity contribution >= 4 is 0 Å². The summed E-state index contributed by atoms with van der Waals surface area (Å²) in [6.45, 7) is 0.937. The first-order chi connectivity index (χ1) is 6.31. The van der Waals surface area contributed by atoms with Crippen LogP contribution in [0.2, 0.25) is 0 Å². The zero-order chi connectivity index (χ0) is 9.26. The van der Waals surface area contributed by atoms with Crippen molar-refractivity contribution in [1.82, 2.24) is 14.8 Å². The molecule has 72 valence electrons. The van der Waals surface area contributed by atoms with Crippen molar-refractivity contribution in [2.45, 2.75) is 32.0 Å². The largest absolute Gasteiger partial charge is 0.330 e. The van der Waals surface area contributed by atoms with Gasteiger partial charge in [-0.1, -0.05) is 0 Å². The van der Waals surface area contributed by atoms with Crippen LogP contribution >= 0.6 is 0 Å². The SMILES string of the molecule is NCCc1nnc2n1CC(F)CC2. The van der Waals surface area contributed by atoms with Gasteiger partial charge in [0.15, 0.2) is 0 Å². The molecule has 1 unspecified atom stereocenters. The van der Waals surface area contributed by atoms with Gasteiger partial charge in [0.2, 0.25) is 0 Å². The molecule has 1 aliphatic rings. The van der Waals surface area contributed by atoms with E-state index < -0.39 is 6.17 Å². The van der Waals surface area contributed by atoms with Gasteiger partial charge in [-0.25, -0.2) is 4.39 Å². The molecule has 0 aromatic carbocycles. The van der Waals surface area contributed by atoms with Gasteiger partial charge in [0.25, 0.3) is 0 Å². The van der Waals surface area contributed by atoms with Crippen LogP contribution in [0.1, 0.15) is 18.1 Å². The van der Waals surface area contributed by atoms with Gasteiger partial charge in [-0.05, 0) is 13.0 Å². The van der Waals surface area contributed by atoms with E-state index in [4.69, 9.17) is 5.73 Å². The number of halogens is 1. The minimum absolute atomic E-state index is 0.400. The fraction of sp³-hybridized carbons (Fsp3) is 0.750. The first-order valence-corrected chi connectivity index (χ1v) is 4.56. The fourth-order valence-corrected chi connectivity index (χ4v) is 1.66. The summed E-state index contributed by atoms with van der Waals surface area (Å²) in [5.41, 5.74) is 5.41. The molecule has 1 aromatic heterocycles. The van der Waals surface area contributed by atoms with Crippen LogP contribution in [0, 0.1) is 0 Å².